The Labute approximate surface area is 195 Å². The van der Waals surface area contributed by atoms with E-state index in [-0.39, 0.29) is 0 Å². The van der Waals surface area contributed by atoms with Gasteiger partial charge in [-0.05, 0) is 35.7 Å². The second-order valence-corrected chi connectivity index (χ2v) is 7.52. The van der Waals surface area contributed by atoms with Crippen LogP contribution in [-0.2, 0) is 0 Å². The number of nitrogens with zero attached hydrogens (tertiary/aromatic N) is 3. The highest BCUT2D eigenvalue weighted by Crippen LogP contribution is 2.22. The number of benzene rings is 4. The van der Waals surface area contributed by atoms with Crippen molar-refractivity contribution >= 4 is 28.4 Å². The molecular weight excluding hydrogens is 428 g/mol. The van der Waals surface area contributed by atoms with E-state index in [1.807, 2.05) is 72.9 Å². The van der Waals surface area contributed by atoms with E-state index < -0.39 is 11.9 Å². The van der Waals surface area contributed by atoms with Crippen LogP contribution in [0.5, 0.6) is 0 Å². The maximum atomic E-state index is 12.5. The Kier molecular flexibility index (Phi) is 5.69. The lowest BCUT2D eigenvalue weighted by molar-refractivity contribution is 0.0938. The first-order chi connectivity index (χ1) is 16.7. The highest BCUT2D eigenvalue weighted by Gasteiger charge is 2.10. The summed E-state index contributed by atoms with van der Waals surface area (Å²) in [5.41, 5.74) is 8.32. The molecule has 4 aromatic carbocycles. The minimum atomic E-state index is -0.544. The molecule has 0 spiro atoms. The van der Waals surface area contributed by atoms with Crippen molar-refractivity contribution in [3.8, 4) is 16.9 Å². The number of rotatable bonds is 4. The summed E-state index contributed by atoms with van der Waals surface area (Å²) >= 11 is 0. The predicted molar refractivity (Wildman–Crippen MR) is 130 cm³/mol. The second kappa shape index (κ2) is 9.25. The monoisotopic (exact) mass is 448 g/mol. The van der Waals surface area contributed by atoms with Crippen molar-refractivity contribution in [1.82, 2.24) is 25.8 Å². The lowest BCUT2D eigenvalue weighted by atomic mass is 10.1. The van der Waals surface area contributed by atoms with Crippen LogP contribution in [0.3, 0.4) is 0 Å². The summed E-state index contributed by atoms with van der Waals surface area (Å²) in [7, 11) is 0. The van der Waals surface area contributed by atoms with Crippen LogP contribution in [0.25, 0.3) is 27.7 Å². The van der Waals surface area contributed by atoms with Gasteiger partial charge in [0.25, 0.3) is 5.91 Å². The molecule has 5 aromatic rings. The third kappa shape index (κ3) is 4.46. The first kappa shape index (κ1) is 20.9. The average Bonchev–Trinajstić information content (AvgIpc) is 3.39. The van der Waals surface area contributed by atoms with Crippen molar-refractivity contribution in [3.05, 3.63) is 109 Å². The molecule has 0 bridgehead atoms. The van der Waals surface area contributed by atoms with E-state index >= 15 is 0 Å². The normalized spacial score (nSPS) is 10.6. The summed E-state index contributed by atoms with van der Waals surface area (Å²) in [4.78, 5) is 24.8. The smallest absolute Gasteiger partial charge is 0.306 e. The maximum absolute atomic E-state index is 12.5. The molecular formula is C26H20N6O2. The highest BCUT2D eigenvalue weighted by atomic mass is 16.2. The molecule has 0 saturated heterocycles. The Morgan fingerprint density at radius 2 is 1.47 bits per heavy atom. The molecule has 5 rings (SSSR count). The zero-order valence-electron chi connectivity index (χ0n) is 18.0. The number of nitrogens with one attached hydrogen (secondary N) is 3. The van der Waals surface area contributed by atoms with Crippen LogP contribution in [0.4, 0.5) is 10.5 Å². The number of amides is 3. The fourth-order valence-corrected chi connectivity index (χ4v) is 3.57. The summed E-state index contributed by atoms with van der Waals surface area (Å²) in [5, 5.41) is 13.0. The van der Waals surface area contributed by atoms with Crippen molar-refractivity contribution in [1.29, 1.82) is 0 Å². The van der Waals surface area contributed by atoms with Gasteiger partial charge < -0.3 is 5.32 Å². The Hall–Kier alpha value is -4.98. The molecule has 8 nitrogen and oxygen atoms in total. The van der Waals surface area contributed by atoms with Gasteiger partial charge in [0.05, 0.1) is 17.6 Å². The van der Waals surface area contributed by atoms with Gasteiger partial charge in [-0.15, -0.1) is 5.10 Å². The number of hydrazine groups is 1. The van der Waals surface area contributed by atoms with Gasteiger partial charge in [-0.3, -0.25) is 10.2 Å². The lowest BCUT2D eigenvalue weighted by Gasteiger charge is -2.11. The largest absolute Gasteiger partial charge is 0.337 e. The molecule has 0 saturated carbocycles. The number of anilines is 1. The van der Waals surface area contributed by atoms with Gasteiger partial charge in [0.2, 0.25) is 0 Å². The van der Waals surface area contributed by atoms with Gasteiger partial charge in [0.1, 0.15) is 5.69 Å². The Bertz CT molecular complexity index is 1460. The van der Waals surface area contributed by atoms with E-state index in [0.717, 1.165) is 27.7 Å². The summed E-state index contributed by atoms with van der Waals surface area (Å²) in [6.45, 7) is 0. The third-order valence-corrected chi connectivity index (χ3v) is 5.28. The van der Waals surface area contributed by atoms with E-state index in [2.05, 4.69) is 26.5 Å². The maximum Gasteiger partial charge on any atom is 0.337 e. The van der Waals surface area contributed by atoms with Crippen molar-refractivity contribution in [3.63, 3.8) is 0 Å². The molecule has 8 heteroatoms. The number of hydrogen-bond acceptors (Lipinski definition) is 4. The number of carbonyl (C=O) groups is 2. The summed E-state index contributed by atoms with van der Waals surface area (Å²) in [5.74, 6) is -0.441. The van der Waals surface area contributed by atoms with Crippen LogP contribution in [-0.4, -0.2) is 26.9 Å². The first-order valence-corrected chi connectivity index (χ1v) is 10.6. The second-order valence-electron chi connectivity index (χ2n) is 7.52. The van der Waals surface area contributed by atoms with Crippen molar-refractivity contribution < 1.29 is 9.59 Å². The molecule has 0 aliphatic rings. The molecule has 1 heterocycles. The fraction of sp³-hybridized carbons (Fsp3) is 0. The molecule has 0 aliphatic heterocycles. The molecule has 0 fully saturated rings. The van der Waals surface area contributed by atoms with E-state index in [1.54, 1.807) is 35.0 Å². The summed E-state index contributed by atoms with van der Waals surface area (Å²) < 4.78 is 1.64. The molecule has 0 unspecified atom stereocenters. The van der Waals surface area contributed by atoms with Gasteiger partial charge in [-0.25, -0.2) is 14.9 Å². The van der Waals surface area contributed by atoms with Crippen molar-refractivity contribution in [2.45, 2.75) is 0 Å². The Balaban J connectivity index is 1.20. The van der Waals surface area contributed by atoms with Crippen LogP contribution in [0.15, 0.2) is 103 Å². The van der Waals surface area contributed by atoms with Crippen LogP contribution in [0.1, 0.15) is 10.4 Å². The molecule has 34 heavy (non-hydrogen) atoms. The Morgan fingerprint density at radius 3 is 2.29 bits per heavy atom. The SMILES string of the molecule is O=C(NNC(=O)c1ccc(-n2cc(-c3ccccc3)nn2)cc1)Nc1cccc2ccccc12. The van der Waals surface area contributed by atoms with Crippen LogP contribution >= 0.6 is 0 Å². The predicted octanol–water partition coefficient (Wildman–Crippen LogP) is 4.55. The number of aromatic nitrogens is 3. The lowest BCUT2D eigenvalue weighted by Crippen LogP contribution is -2.43. The number of carbonyl (C=O) groups excluding carboxylic acids is 2. The molecule has 0 aliphatic carbocycles. The van der Waals surface area contributed by atoms with Gasteiger partial charge in [0, 0.05) is 16.5 Å². The quantitative estimate of drug-likeness (QED) is 0.351. The molecule has 3 amide bonds. The van der Waals surface area contributed by atoms with Gasteiger partial charge in [0.15, 0.2) is 0 Å². The third-order valence-electron chi connectivity index (χ3n) is 5.28. The Morgan fingerprint density at radius 1 is 0.735 bits per heavy atom. The van der Waals surface area contributed by atoms with E-state index in [4.69, 9.17) is 0 Å². The van der Waals surface area contributed by atoms with E-state index in [1.165, 1.54) is 0 Å². The number of fused-ring (bicyclic) bond motifs is 1. The minimum Gasteiger partial charge on any atom is -0.306 e. The van der Waals surface area contributed by atoms with Crippen LogP contribution < -0.4 is 16.2 Å². The van der Waals surface area contributed by atoms with Crippen molar-refractivity contribution in [2.24, 2.45) is 0 Å². The average molecular weight is 448 g/mol. The topological polar surface area (TPSA) is 101 Å². The standard InChI is InChI=1S/C26H20N6O2/c33-25(29-30-26(34)27-23-12-6-10-18-7-4-5-11-22(18)23)20-13-15-21(16-14-20)32-17-24(28-31-32)19-8-2-1-3-9-19/h1-17H,(H,29,33)(H2,27,30,34). The van der Waals surface area contributed by atoms with E-state index in [9.17, 15) is 9.59 Å². The molecule has 3 N–H and O–H groups in total. The zero-order valence-corrected chi connectivity index (χ0v) is 18.0. The van der Waals surface area contributed by atoms with Crippen LogP contribution in [0, 0.1) is 0 Å². The zero-order chi connectivity index (χ0) is 23.3. The van der Waals surface area contributed by atoms with Crippen LogP contribution in [0.2, 0.25) is 0 Å². The molecule has 1 aromatic heterocycles. The first-order valence-electron chi connectivity index (χ1n) is 10.6. The van der Waals surface area contributed by atoms with Gasteiger partial charge in [-0.2, -0.15) is 0 Å². The number of urea groups is 1. The van der Waals surface area contributed by atoms with Gasteiger partial charge in [-0.1, -0.05) is 71.9 Å². The summed E-state index contributed by atoms with van der Waals surface area (Å²) in [6.07, 6.45) is 1.82. The molecule has 0 radical (unpaired) electrons. The molecule has 166 valence electrons. The highest BCUT2D eigenvalue weighted by molar-refractivity contribution is 6.02. The number of hydrogen-bond donors (Lipinski definition) is 3. The fourth-order valence-electron chi connectivity index (χ4n) is 3.57. The van der Waals surface area contributed by atoms with Crippen molar-refractivity contribution in [2.75, 3.05) is 5.32 Å². The minimum absolute atomic E-state index is 0.387. The van der Waals surface area contributed by atoms with E-state index in [0.29, 0.717) is 11.3 Å². The summed E-state index contributed by atoms with van der Waals surface area (Å²) in [6, 6.07) is 29.4. The van der Waals surface area contributed by atoms with Gasteiger partial charge >= 0.3 is 6.03 Å². The molecule has 0 atom stereocenters.